The van der Waals surface area contributed by atoms with Crippen molar-refractivity contribution in [3.05, 3.63) is 29.2 Å². The minimum atomic E-state index is -0.554. The Balaban J connectivity index is 1.28. The predicted octanol–water partition coefficient (Wildman–Crippen LogP) is 1.82. The highest BCUT2D eigenvalue weighted by Crippen LogP contribution is 2.60. The van der Waals surface area contributed by atoms with Gasteiger partial charge in [0.1, 0.15) is 0 Å². The van der Waals surface area contributed by atoms with Crippen LogP contribution in [0, 0.1) is 17.8 Å². The lowest BCUT2D eigenvalue weighted by Gasteiger charge is -2.58. The summed E-state index contributed by atoms with van der Waals surface area (Å²) < 4.78 is 2.15. The molecule has 1 saturated heterocycles. The van der Waals surface area contributed by atoms with Crippen molar-refractivity contribution in [1.82, 2.24) is 19.7 Å². The van der Waals surface area contributed by atoms with Gasteiger partial charge in [-0.25, -0.2) is 0 Å². The first-order valence-corrected chi connectivity index (χ1v) is 12.7. The summed E-state index contributed by atoms with van der Waals surface area (Å²) in [7, 11) is 0. The number of ketones is 1. The van der Waals surface area contributed by atoms with E-state index in [1.165, 1.54) is 4.90 Å². The molecule has 5 aliphatic carbocycles. The lowest BCUT2D eigenvalue weighted by atomic mass is 9.52. The van der Waals surface area contributed by atoms with E-state index in [2.05, 4.69) is 21.8 Å². The molecule has 34 heavy (non-hydrogen) atoms. The van der Waals surface area contributed by atoms with Gasteiger partial charge in [-0.15, -0.1) is 0 Å². The summed E-state index contributed by atoms with van der Waals surface area (Å²) in [6.07, 6.45) is 11.5. The van der Waals surface area contributed by atoms with Gasteiger partial charge < -0.3 is 15.1 Å². The Morgan fingerprint density at radius 2 is 1.97 bits per heavy atom. The average molecular weight is 463 g/mol. The predicted molar refractivity (Wildman–Crippen MR) is 124 cm³/mol. The Morgan fingerprint density at radius 1 is 1.18 bits per heavy atom. The van der Waals surface area contributed by atoms with Crippen LogP contribution in [-0.2, 0) is 22.4 Å². The van der Waals surface area contributed by atoms with Crippen molar-refractivity contribution >= 4 is 28.7 Å². The molecule has 0 spiro atoms. The number of β-amino-alcohol motifs (C(OH)–C–C–N with tert-alkyl or cyclic N) is 1. The van der Waals surface area contributed by atoms with Crippen molar-refractivity contribution in [2.24, 2.45) is 17.8 Å². The average Bonchev–Trinajstić information content (AvgIpc) is 3.50. The second-order valence-electron chi connectivity index (χ2n) is 11.4. The van der Waals surface area contributed by atoms with Crippen LogP contribution in [-0.4, -0.2) is 66.4 Å². The quantitative estimate of drug-likeness (QED) is 0.671. The Bertz CT molecular complexity index is 1230. The van der Waals surface area contributed by atoms with Gasteiger partial charge in [0.2, 0.25) is 5.78 Å². The first-order chi connectivity index (χ1) is 16.4. The zero-order chi connectivity index (χ0) is 23.2. The molecule has 2 aromatic rings. The van der Waals surface area contributed by atoms with Gasteiger partial charge in [-0.1, -0.05) is 12.2 Å². The number of Topliss-reactive ketones (excluding diaryl/α,β-unsaturated/α-hetero) is 1. The molecule has 3 heterocycles. The first kappa shape index (κ1) is 20.8. The molecule has 178 valence electrons. The van der Waals surface area contributed by atoms with Gasteiger partial charge in [0.15, 0.2) is 0 Å². The number of hydrogen-bond donors (Lipinski definition) is 2. The molecule has 0 aromatic carbocycles. The molecule has 8 nitrogen and oxygen atoms in total. The van der Waals surface area contributed by atoms with Crippen molar-refractivity contribution in [2.45, 2.75) is 69.1 Å². The molecule has 0 radical (unpaired) electrons. The van der Waals surface area contributed by atoms with Crippen molar-refractivity contribution in [3.8, 4) is 0 Å². The summed E-state index contributed by atoms with van der Waals surface area (Å²) in [4.78, 5) is 31.8. The van der Waals surface area contributed by atoms with Crippen molar-refractivity contribution < 1.29 is 19.8 Å². The topological polar surface area (TPSA) is 109 Å². The number of likely N-dealkylation sites (tertiary alicyclic amines) is 1. The van der Waals surface area contributed by atoms with Gasteiger partial charge >= 0.3 is 0 Å². The van der Waals surface area contributed by atoms with Crippen LogP contribution >= 0.6 is 0 Å². The molecule has 4 unspecified atom stereocenters. The minimum Gasteiger partial charge on any atom is -0.391 e. The number of hydrogen-bond acceptors (Lipinski definition) is 6. The molecule has 6 aliphatic rings. The fraction of sp³-hybridized carbons (Fsp3) is 0.615. The molecule has 1 aliphatic heterocycles. The summed E-state index contributed by atoms with van der Waals surface area (Å²) in [6.45, 7) is 0.630. The van der Waals surface area contributed by atoms with Gasteiger partial charge in [0, 0.05) is 36.7 Å². The van der Waals surface area contributed by atoms with E-state index in [1.807, 2.05) is 6.20 Å². The number of aromatic nitrogens is 3. The number of carbonyl (C=O) groups excluding carboxylic acids is 2. The number of rotatable bonds is 4. The first-order valence-electron chi connectivity index (χ1n) is 12.7. The summed E-state index contributed by atoms with van der Waals surface area (Å²) in [6, 6.07) is 0.202. The van der Waals surface area contributed by atoms with Crippen LogP contribution in [0.5, 0.6) is 0 Å². The summed E-state index contributed by atoms with van der Waals surface area (Å²) >= 11 is 0. The molecule has 8 rings (SSSR count). The number of carbonyl (C=O) groups is 2. The van der Waals surface area contributed by atoms with Crippen LogP contribution in [0.15, 0.2) is 12.3 Å². The van der Waals surface area contributed by atoms with E-state index >= 15 is 0 Å². The van der Waals surface area contributed by atoms with E-state index in [-0.39, 0.29) is 19.0 Å². The summed E-state index contributed by atoms with van der Waals surface area (Å²) in [5.41, 5.74) is 3.21. The van der Waals surface area contributed by atoms with Gasteiger partial charge in [-0.05, 0) is 56.3 Å². The number of aliphatic hydroxyl groups is 2. The molecule has 2 aromatic heterocycles. The largest absolute Gasteiger partial charge is 0.391 e. The van der Waals surface area contributed by atoms with Crippen LogP contribution in [0.2, 0.25) is 0 Å². The molecular formula is C26H30N4O4. The van der Waals surface area contributed by atoms with Crippen LogP contribution in [0.25, 0.3) is 17.0 Å². The molecule has 4 saturated carbocycles. The molecule has 4 bridgehead atoms. The number of allylic oxidation sites excluding steroid dienone is 1. The monoisotopic (exact) mass is 462 g/mol. The van der Waals surface area contributed by atoms with Gasteiger partial charge in [-0.3, -0.25) is 19.3 Å². The third-order valence-corrected chi connectivity index (χ3v) is 9.03. The third-order valence-electron chi connectivity index (χ3n) is 9.03. The highest BCUT2D eigenvalue weighted by atomic mass is 16.3. The Morgan fingerprint density at radius 3 is 2.68 bits per heavy atom. The maximum absolute atomic E-state index is 13.0. The van der Waals surface area contributed by atoms with E-state index in [0.717, 1.165) is 60.7 Å². The summed E-state index contributed by atoms with van der Waals surface area (Å²) in [5.74, 6) is 0.332. The van der Waals surface area contributed by atoms with Gasteiger partial charge in [-0.2, -0.15) is 5.10 Å². The standard InChI is InChI=1S/C26H30N4O4/c31-17-4-5-29(13-17)25(33)22(32)8-21-19-12-27-20-3-1-2-18(20)24(19)30(28-21)23-15-6-14-7-16(23)11-26(34,9-14)10-15/h1-2,12,14-17,23,31,34H,3-11,13H2/t14?,15-,16+,17?,23?,26?. The zero-order valence-corrected chi connectivity index (χ0v) is 19.2. The lowest BCUT2D eigenvalue weighted by molar-refractivity contribution is -0.148. The molecule has 8 heteroatoms. The Kier molecular flexibility index (Phi) is 4.40. The molecule has 5 fully saturated rings. The number of fused-ring (bicyclic) bond motifs is 3. The zero-order valence-electron chi connectivity index (χ0n) is 19.2. The Hall–Kier alpha value is -2.58. The third kappa shape index (κ3) is 3.04. The van der Waals surface area contributed by atoms with E-state index in [1.54, 1.807) is 0 Å². The van der Waals surface area contributed by atoms with Gasteiger partial charge in [0.05, 0.1) is 41.1 Å². The van der Waals surface area contributed by atoms with Crippen molar-refractivity contribution in [1.29, 1.82) is 0 Å². The Labute approximate surface area is 197 Å². The molecule has 2 N–H and O–H groups in total. The number of amides is 1. The van der Waals surface area contributed by atoms with E-state index < -0.39 is 23.4 Å². The maximum Gasteiger partial charge on any atom is 0.290 e. The molecule has 6 atom stereocenters. The van der Waals surface area contributed by atoms with Crippen LogP contribution < -0.4 is 0 Å². The number of pyridine rings is 1. The molecular weight excluding hydrogens is 432 g/mol. The van der Waals surface area contributed by atoms with E-state index in [9.17, 15) is 19.8 Å². The molecule has 1 amide bonds. The van der Waals surface area contributed by atoms with Crippen LogP contribution in [0.3, 0.4) is 0 Å². The SMILES string of the molecule is O=C(Cc1nn(C2[C@@H]3CC4C[C@H]2CC(O)(C4)C3)c2c3c(ncc12)CC=C3)C(=O)N1CCC(O)C1. The fourth-order valence-corrected chi connectivity index (χ4v) is 7.90. The van der Waals surface area contributed by atoms with Gasteiger partial charge in [0.25, 0.3) is 5.91 Å². The normalized spacial score (nSPS) is 35.5. The second-order valence-corrected chi connectivity index (χ2v) is 11.4. The highest BCUT2D eigenvalue weighted by molar-refractivity contribution is 6.36. The number of nitrogens with zero attached hydrogens (tertiary/aromatic N) is 4. The van der Waals surface area contributed by atoms with Crippen LogP contribution in [0.4, 0.5) is 0 Å². The smallest absolute Gasteiger partial charge is 0.290 e. The van der Waals surface area contributed by atoms with Crippen molar-refractivity contribution in [3.63, 3.8) is 0 Å². The van der Waals surface area contributed by atoms with Crippen molar-refractivity contribution in [2.75, 3.05) is 13.1 Å². The fourth-order valence-electron chi connectivity index (χ4n) is 7.90. The minimum absolute atomic E-state index is 0.0618. The maximum atomic E-state index is 13.0. The highest BCUT2D eigenvalue weighted by Gasteiger charge is 2.56. The van der Waals surface area contributed by atoms with E-state index in [0.29, 0.717) is 36.4 Å². The van der Waals surface area contributed by atoms with E-state index in [4.69, 9.17) is 5.10 Å². The lowest BCUT2D eigenvalue weighted by Crippen LogP contribution is -2.55. The summed E-state index contributed by atoms with van der Waals surface area (Å²) in [5, 5.41) is 26.7. The second kappa shape index (κ2) is 7.21. The number of aliphatic hydroxyl groups excluding tert-OH is 1. The van der Waals surface area contributed by atoms with Crippen LogP contribution in [0.1, 0.15) is 61.5 Å².